The Morgan fingerprint density at radius 3 is 3.00 bits per heavy atom. The van der Waals surface area contributed by atoms with Gasteiger partial charge in [0, 0.05) is 19.7 Å². The van der Waals surface area contributed by atoms with Crippen LogP contribution in [0, 0.1) is 5.92 Å². The van der Waals surface area contributed by atoms with Crippen molar-refractivity contribution < 1.29 is 9.90 Å². The Kier molecular flexibility index (Phi) is 4.75. The van der Waals surface area contributed by atoms with Gasteiger partial charge in [-0.05, 0) is 32.1 Å². The van der Waals surface area contributed by atoms with E-state index in [9.17, 15) is 4.79 Å². The number of carbonyl (C=O) groups is 1. The Bertz CT molecular complexity index is 195. The number of likely N-dealkylation sites (tertiary alicyclic amines) is 1. The molecule has 1 aliphatic heterocycles. The van der Waals surface area contributed by atoms with Crippen molar-refractivity contribution in [1.82, 2.24) is 4.90 Å². The van der Waals surface area contributed by atoms with Crippen LogP contribution in [0.2, 0.25) is 0 Å². The van der Waals surface area contributed by atoms with Gasteiger partial charge in [-0.2, -0.15) is 12.6 Å². The standard InChI is InChI=1S/C10H19NO2S/c1-8(14)10(13)11-5-2-3-9(7-11)4-6-12/h8-9,12,14H,2-7H2,1H3. The van der Waals surface area contributed by atoms with E-state index >= 15 is 0 Å². The van der Waals surface area contributed by atoms with Gasteiger partial charge in [-0.3, -0.25) is 4.79 Å². The van der Waals surface area contributed by atoms with Gasteiger partial charge in [-0.25, -0.2) is 0 Å². The summed E-state index contributed by atoms with van der Waals surface area (Å²) in [7, 11) is 0. The fourth-order valence-corrected chi connectivity index (χ4v) is 2.11. The molecule has 4 heteroatoms. The summed E-state index contributed by atoms with van der Waals surface area (Å²) in [5.74, 6) is 0.598. The number of rotatable bonds is 3. The summed E-state index contributed by atoms with van der Waals surface area (Å²) >= 11 is 4.14. The first-order chi connectivity index (χ1) is 6.65. The molecular formula is C10H19NO2S. The predicted octanol–water partition coefficient (Wildman–Crippen LogP) is 0.926. The smallest absolute Gasteiger partial charge is 0.235 e. The molecule has 3 nitrogen and oxygen atoms in total. The molecule has 0 saturated carbocycles. The minimum absolute atomic E-state index is 0.121. The summed E-state index contributed by atoms with van der Waals surface area (Å²) in [6.07, 6.45) is 2.99. The van der Waals surface area contributed by atoms with Crippen LogP contribution in [0.4, 0.5) is 0 Å². The van der Waals surface area contributed by atoms with E-state index in [1.165, 1.54) is 0 Å². The zero-order valence-corrected chi connectivity index (χ0v) is 9.54. The van der Waals surface area contributed by atoms with Crippen molar-refractivity contribution in [3.05, 3.63) is 0 Å². The molecule has 1 fully saturated rings. The molecule has 0 aliphatic carbocycles. The van der Waals surface area contributed by atoms with Crippen molar-refractivity contribution >= 4 is 18.5 Å². The van der Waals surface area contributed by atoms with Crippen molar-refractivity contribution in [2.45, 2.75) is 31.4 Å². The number of nitrogens with zero attached hydrogens (tertiary/aromatic N) is 1. The Morgan fingerprint density at radius 1 is 1.71 bits per heavy atom. The largest absolute Gasteiger partial charge is 0.396 e. The summed E-state index contributed by atoms with van der Waals surface area (Å²) < 4.78 is 0. The minimum Gasteiger partial charge on any atom is -0.396 e. The number of carbonyl (C=O) groups excluding carboxylic acids is 1. The molecule has 1 N–H and O–H groups in total. The van der Waals surface area contributed by atoms with E-state index in [1.807, 2.05) is 4.90 Å². The highest BCUT2D eigenvalue weighted by Crippen LogP contribution is 2.20. The molecule has 0 spiro atoms. The van der Waals surface area contributed by atoms with E-state index in [-0.39, 0.29) is 17.8 Å². The molecule has 1 heterocycles. The van der Waals surface area contributed by atoms with Gasteiger partial charge >= 0.3 is 0 Å². The van der Waals surface area contributed by atoms with E-state index in [2.05, 4.69) is 12.6 Å². The fourth-order valence-electron chi connectivity index (χ4n) is 1.95. The highest BCUT2D eigenvalue weighted by Gasteiger charge is 2.24. The highest BCUT2D eigenvalue weighted by molar-refractivity contribution is 7.81. The molecule has 0 radical (unpaired) electrons. The van der Waals surface area contributed by atoms with E-state index < -0.39 is 0 Å². The van der Waals surface area contributed by atoms with Crippen LogP contribution in [0.3, 0.4) is 0 Å². The van der Waals surface area contributed by atoms with Crippen LogP contribution in [-0.4, -0.2) is 40.9 Å². The second-order valence-electron chi connectivity index (χ2n) is 3.98. The van der Waals surface area contributed by atoms with E-state index in [0.29, 0.717) is 5.92 Å². The van der Waals surface area contributed by atoms with Crippen molar-refractivity contribution in [1.29, 1.82) is 0 Å². The summed E-state index contributed by atoms with van der Waals surface area (Å²) in [6.45, 7) is 3.68. The van der Waals surface area contributed by atoms with Crippen LogP contribution < -0.4 is 0 Å². The van der Waals surface area contributed by atoms with Crippen LogP contribution in [-0.2, 0) is 4.79 Å². The van der Waals surface area contributed by atoms with Crippen LogP contribution in [0.5, 0.6) is 0 Å². The van der Waals surface area contributed by atoms with Crippen molar-refractivity contribution in [3.8, 4) is 0 Å². The summed E-state index contributed by atoms with van der Waals surface area (Å²) in [5.41, 5.74) is 0. The first kappa shape index (κ1) is 11.9. The molecule has 2 atom stereocenters. The molecule has 0 aromatic rings. The topological polar surface area (TPSA) is 40.5 Å². The molecule has 0 aromatic carbocycles. The molecule has 82 valence electrons. The van der Waals surface area contributed by atoms with Crippen LogP contribution >= 0.6 is 12.6 Å². The average Bonchev–Trinajstić information content (AvgIpc) is 2.17. The first-order valence-corrected chi connectivity index (χ1v) is 5.74. The lowest BCUT2D eigenvalue weighted by atomic mass is 9.95. The summed E-state index contributed by atoms with van der Waals surface area (Å²) in [5, 5.41) is 8.63. The number of aliphatic hydroxyl groups excluding tert-OH is 1. The third-order valence-corrected chi connectivity index (χ3v) is 2.95. The zero-order chi connectivity index (χ0) is 10.6. The van der Waals surface area contributed by atoms with Gasteiger partial charge in [0.25, 0.3) is 0 Å². The van der Waals surface area contributed by atoms with Gasteiger partial charge < -0.3 is 10.0 Å². The number of amides is 1. The van der Waals surface area contributed by atoms with Crippen LogP contribution in [0.1, 0.15) is 26.2 Å². The van der Waals surface area contributed by atoms with Crippen molar-refractivity contribution in [3.63, 3.8) is 0 Å². The molecule has 14 heavy (non-hydrogen) atoms. The summed E-state index contributed by atoms with van der Waals surface area (Å²) in [6, 6.07) is 0. The molecule has 1 rings (SSSR count). The molecule has 2 unspecified atom stereocenters. The quantitative estimate of drug-likeness (QED) is 0.690. The normalized spacial score (nSPS) is 24.8. The molecular weight excluding hydrogens is 198 g/mol. The number of hydrogen-bond donors (Lipinski definition) is 2. The maximum Gasteiger partial charge on any atom is 0.235 e. The van der Waals surface area contributed by atoms with Gasteiger partial charge in [0.15, 0.2) is 0 Å². The van der Waals surface area contributed by atoms with E-state index in [0.717, 1.165) is 32.4 Å². The van der Waals surface area contributed by atoms with E-state index in [1.54, 1.807) is 6.92 Å². The summed E-state index contributed by atoms with van der Waals surface area (Å²) in [4.78, 5) is 13.5. The predicted molar refractivity (Wildman–Crippen MR) is 59.5 cm³/mol. The Balaban J connectivity index is 2.43. The lowest BCUT2D eigenvalue weighted by Gasteiger charge is -2.33. The fraction of sp³-hybridized carbons (Fsp3) is 0.900. The lowest BCUT2D eigenvalue weighted by molar-refractivity contribution is -0.132. The monoisotopic (exact) mass is 217 g/mol. The Labute approximate surface area is 90.9 Å². The van der Waals surface area contributed by atoms with Gasteiger partial charge in [-0.1, -0.05) is 0 Å². The van der Waals surface area contributed by atoms with Crippen molar-refractivity contribution in [2.24, 2.45) is 5.92 Å². The minimum atomic E-state index is -0.206. The molecule has 1 aliphatic rings. The van der Waals surface area contributed by atoms with Gasteiger partial charge in [0.05, 0.1) is 5.25 Å². The molecule has 1 amide bonds. The maximum absolute atomic E-state index is 11.6. The number of aliphatic hydroxyl groups is 1. The van der Waals surface area contributed by atoms with Crippen LogP contribution in [0.15, 0.2) is 0 Å². The number of piperidine rings is 1. The van der Waals surface area contributed by atoms with Crippen molar-refractivity contribution in [2.75, 3.05) is 19.7 Å². The number of hydrogen-bond acceptors (Lipinski definition) is 3. The van der Waals surface area contributed by atoms with Gasteiger partial charge in [0.2, 0.25) is 5.91 Å². The number of thiol groups is 1. The molecule has 0 bridgehead atoms. The second-order valence-corrected chi connectivity index (χ2v) is 4.76. The zero-order valence-electron chi connectivity index (χ0n) is 8.65. The lowest BCUT2D eigenvalue weighted by Crippen LogP contribution is -2.43. The second kappa shape index (κ2) is 5.61. The highest BCUT2D eigenvalue weighted by atomic mass is 32.1. The average molecular weight is 217 g/mol. The Morgan fingerprint density at radius 2 is 2.43 bits per heavy atom. The first-order valence-electron chi connectivity index (χ1n) is 5.23. The SMILES string of the molecule is CC(S)C(=O)N1CCCC(CCO)C1. The van der Waals surface area contributed by atoms with Gasteiger partial charge in [-0.15, -0.1) is 0 Å². The van der Waals surface area contributed by atoms with Gasteiger partial charge in [0.1, 0.15) is 0 Å². The Hall–Kier alpha value is -0.220. The third-order valence-electron chi connectivity index (χ3n) is 2.73. The van der Waals surface area contributed by atoms with E-state index in [4.69, 9.17) is 5.11 Å². The third kappa shape index (κ3) is 3.17. The van der Waals surface area contributed by atoms with Crippen LogP contribution in [0.25, 0.3) is 0 Å². The molecule has 0 aromatic heterocycles. The maximum atomic E-state index is 11.6. The molecule has 1 saturated heterocycles.